The highest BCUT2D eigenvalue weighted by atomic mass is 32.1. The first-order valence-electron chi connectivity index (χ1n) is 4.31. The summed E-state index contributed by atoms with van der Waals surface area (Å²) in [7, 11) is 1.38. The molecule has 1 aromatic carbocycles. The van der Waals surface area contributed by atoms with Crippen LogP contribution in [0, 0.1) is 11.6 Å². The van der Waals surface area contributed by atoms with E-state index in [4.69, 9.17) is 4.74 Å². The second kappa shape index (κ2) is 5.20. The average molecular weight is 218 g/mol. The first kappa shape index (κ1) is 11.3. The molecule has 1 aromatic rings. The minimum Gasteiger partial charge on any atom is -0.497 e. The van der Waals surface area contributed by atoms with Gasteiger partial charge in [0.15, 0.2) is 0 Å². The minimum absolute atomic E-state index is 0.111. The van der Waals surface area contributed by atoms with Crippen molar-refractivity contribution in [2.24, 2.45) is 0 Å². The molecule has 0 saturated heterocycles. The van der Waals surface area contributed by atoms with Crippen LogP contribution in [0.1, 0.15) is 12.0 Å². The molecule has 0 aliphatic carbocycles. The molecule has 0 spiro atoms. The summed E-state index contributed by atoms with van der Waals surface area (Å²) in [4.78, 5) is 0. The Morgan fingerprint density at radius 3 is 2.29 bits per heavy atom. The van der Waals surface area contributed by atoms with Gasteiger partial charge in [0, 0.05) is 17.7 Å². The Bertz CT molecular complexity index is 292. The Kier molecular flexibility index (Phi) is 4.20. The van der Waals surface area contributed by atoms with Gasteiger partial charge in [0.25, 0.3) is 0 Å². The van der Waals surface area contributed by atoms with Crippen molar-refractivity contribution in [2.75, 3.05) is 12.9 Å². The fourth-order valence-electron chi connectivity index (χ4n) is 1.19. The Balaban J connectivity index is 2.93. The molecule has 78 valence electrons. The first-order chi connectivity index (χ1) is 6.69. The molecule has 0 radical (unpaired) electrons. The number of methoxy groups -OCH3 is 1. The highest BCUT2D eigenvalue weighted by molar-refractivity contribution is 7.80. The van der Waals surface area contributed by atoms with Crippen molar-refractivity contribution in [1.82, 2.24) is 0 Å². The summed E-state index contributed by atoms with van der Waals surface area (Å²) >= 11 is 3.99. The molecule has 0 atom stereocenters. The molecule has 14 heavy (non-hydrogen) atoms. The maximum atomic E-state index is 13.3. The zero-order valence-corrected chi connectivity index (χ0v) is 8.78. The Morgan fingerprint density at radius 2 is 1.86 bits per heavy atom. The third kappa shape index (κ3) is 2.61. The Morgan fingerprint density at radius 1 is 1.29 bits per heavy atom. The lowest BCUT2D eigenvalue weighted by Crippen LogP contribution is -1.98. The monoisotopic (exact) mass is 218 g/mol. The maximum Gasteiger partial charge on any atom is 0.133 e. The van der Waals surface area contributed by atoms with Gasteiger partial charge in [0.05, 0.1) is 7.11 Å². The molecule has 1 nitrogen and oxygen atoms in total. The predicted octanol–water partition coefficient (Wildman–Crippen LogP) is 2.84. The van der Waals surface area contributed by atoms with Gasteiger partial charge < -0.3 is 4.74 Å². The second-order valence-electron chi connectivity index (χ2n) is 2.90. The largest absolute Gasteiger partial charge is 0.497 e. The molecule has 0 saturated carbocycles. The van der Waals surface area contributed by atoms with Crippen LogP contribution in [-0.2, 0) is 6.42 Å². The maximum absolute atomic E-state index is 13.3. The molecule has 0 N–H and O–H groups in total. The lowest BCUT2D eigenvalue weighted by Gasteiger charge is -2.06. The van der Waals surface area contributed by atoms with Crippen LogP contribution in [-0.4, -0.2) is 12.9 Å². The van der Waals surface area contributed by atoms with Gasteiger partial charge in [-0.3, -0.25) is 0 Å². The normalized spacial score (nSPS) is 10.3. The average Bonchev–Trinajstić information content (AvgIpc) is 2.16. The van der Waals surface area contributed by atoms with Crippen LogP contribution in [0.5, 0.6) is 5.75 Å². The van der Waals surface area contributed by atoms with Gasteiger partial charge in [-0.1, -0.05) is 0 Å². The summed E-state index contributed by atoms with van der Waals surface area (Å²) in [5.74, 6) is -0.285. The van der Waals surface area contributed by atoms with Crippen molar-refractivity contribution >= 4 is 12.6 Å². The highest BCUT2D eigenvalue weighted by Gasteiger charge is 2.10. The van der Waals surface area contributed by atoms with Gasteiger partial charge in [0.1, 0.15) is 17.4 Å². The minimum atomic E-state index is -0.552. The molecule has 0 amide bonds. The molecular weight excluding hydrogens is 206 g/mol. The third-order valence-electron chi connectivity index (χ3n) is 1.94. The topological polar surface area (TPSA) is 9.23 Å². The second-order valence-corrected chi connectivity index (χ2v) is 3.34. The van der Waals surface area contributed by atoms with Crippen LogP contribution in [0.3, 0.4) is 0 Å². The number of hydrogen-bond donors (Lipinski definition) is 1. The lowest BCUT2D eigenvalue weighted by atomic mass is 10.1. The van der Waals surface area contributed by atoms with Gasteiger partial charge >= 0.3 is 0 Å². The van der Waals surface area contributed by atoms with E-state index in [9.17, 15) is 8.78 Å². The van der Waals surface area contributed by atoms with E-state index < -0.39 is 11.6 Å². The molecule has 0 heterocycles. The summed E-state index contributed by atoms with van der Waals surface area (Å²) in [6, 6.07) is 2.38. The zero-order chi connectivity index (χ0) is 10.6. The van der Waals surface area contributed by atoms with Crippen molar-refractivity contribution < 1.29 is 13.5 Å². The Hall–Kier alpha value is -0.770. The fourth-order valence-corrected chi connectivity index (χ4v) is 1.35. The van der Waals surface area contributed by atoms with Gasteiger partial charge in [-0.15, -0.1) is 0 Å². The summed E-state index contributed by atoms with van der Waals surface area (Å²) < 4.78 is 31.3. The van der Waals surface area contributed by atoms with Crippen LogP contribution in [0.2, 0.25) is 0 Å². The van der Waals surface area contributed by atoms with Crippen LogP contribution >= 0.6 is 12.6 Å². The predicted molar refractivity (Wildman–Crippen MR) is 55.1 cm³/mol. The first-order valence-corrected chi connectivity index (χ1v) is 4.95. The number of benzene rings is 1. The van der Waals surface area contributed by atoms with Crippen LogP contribution in [0.25, 0.3) is 0 Å². The van der Waals surface area contributed by atoms with E-state index in [1.54, 1.807) is 0 Å². The van der Waals surface area contributed by atoms with Gasteiger partial charge in [0.2, 0.25) is 0 Å². The van der Waals surface area contributed by atoms with Crippen LogP contribution < -0.4 is 4.74 Å². The molecule has 0 aliphatic rings. The molecule has 1 rings (SSSR count). The van der Waals surface area contributed by atoms with Crippen molar-refractivity contribution in [2.45, 2.75) is 12.8 Å². The number of ether oxygens (including phenoxy) is 1. The lowest BCUT2D eigenvalue weighted by molar-refractivity contribution is 0.405. The number of hydrogen-bond acceptors (Lipinski definition) is 2. The van der Waals surface area contributed by atoms with E-state index in [1.807, 2.05) is 0 Å². The molecule has 0 aliphatic heterocycles. The van der Waals surface area contributed by atoms with Gasteiger partial charge in [-0.25, -0.2) is 8.78 Å². The van der Waals surface area contributed by atoms with E-state index in [0.29, 0.717) is 18.6 Å². The van der Waals surface area contributed by atoms with Crippen molar-refractivity contribution in [3.63, 3.8) is 0 Å². The Labute approximate surface area is 87.5 Å². The highest BCUT2D eigenvalue weighted by Crippen LogP contribution is 2.21. The van der Waals surface area contributed by atoms with E-state index in [2.05, 4.69) is 12.6 Å². The summed E-state index contributed by atoms with van der Waals surface area (Å²) in [5.41, 5.74) is 0.111. The zero-order valence-electron chi connectivity index (χ0n) is 7.89. The number of halogens is 2. The smallest absolute Gasteiger partial charge is 0.133 e. The SMILES string of the molecule is COc1cc(F)c(CCCS)c(F)c1. The van der Waals surface area contributed by atoms with E-state index >= 15 is 0 Å². The summed E-state index contributed by atoms with van der Waals surface area (Å²) in [6.07, 6.45) is 1.02. The molecule has 0 aromatic heterocycles. The summed E-state index contributed by atoms with van der Waals surface area (Å²) in [5, 5.41) is 0. The summed E-state index contributed by atoms with van der Waals surface area (Å²) in [6.45, 7) is 0. The van der Waals surface area contributed by atoms with E-state index in [-0.39, 0.29) is 11.3 Å². The van der Waals surface area contributed by atoms with Crippen LogP contribution in [0.4, 0.5) is 8.78 Å². The van der Waals surface area contributed by atoms with E-state index in [1.165, 1.54) is 19.2 Å². The van der Waals surface area contributed by atoms with E-state index in [0.717, 1.165) is 0 Å². The molecule has 4 heteroatoms. The fraction of sp³-hybridized carbons (Fsp3) is 0.400. The van der Waals surface area contributed by atoms with Crippen molar-refractivity contribution in [1.29, 1.82) is 0 Å². The van der Waals surface area contributed by atoms with Crippen molar-refractivity contribution in [3.8, 4) is 5.75 Å². The van der Waals surface area contributed by atoms with Crippen LogP contribution in [0.15, 0.2) is 12.1 Å². The number of rotatable bonds is 4. The quantitative estimate of drug-likeness (QED) is 0.764. The third-order valence-corrected chi connectivity index (χ3v) is 2.25. The van der Waals surface area contributed by atoms with Gasteiger partial charge in [-0.2, -0.15) is 12.6 Å². The molecular formula is C10H12F2OS. The standard InChI is InChI=1S/C10H12F2OS/c1-13-7-5-9(11)8(3-2-4-14)10(12)6-7/h5-6,14H,2-4H2,1H3. The number of thiol groups is 1. The van der Waals surface area contributed by atoms with Crippen molar-refractivity contribution in [3.05, 3.63) is 29.3 Å². The van der Waals surface area contributed by atoms with Gasteiger partial charge in [-0.05, 0) is 18.6 Å². The molecule has 0 unspecified atom stereocenters. The molecule has 0 fully saturated rings. The molecule has 0 bridgehead atoms.